The van der Waals surface area contributed by atoms with Gasteiger partial charge in [0.15, 0.2) is 0 Å². The van der Waals surface area contributed by atoms with Crippen LogP contribution in [-0.4, -0.2) is 21.5 Å². The molecule has 126 valence electrons. The average Bonchev–Trinajstić information content (AvgIpc) is 3.13. The van der Waals surface area contributed by atoms with Gasteiger partial charge in [0.25, 0.3) is 5.91 Å². The third-order valence-electron chi connectivity index (χ3n) is 3.23. The van der Waals surface area contributed by atoms with E-state index in [1.807, 2.05) is 0 Å². The molecular weight excluding hydrogens is 383 g/mol. The topological polar surface area (TPSA) is 84.0 Å². The molecule has 1 heterocycles. The van der Waals surface area contributed by atoms with Crippen LogP contribution in [0.2, 0.25) is 10.0 Å². The number of rotatable bonds is 3. The van der Waals surface area contributed by atoms with E-state index in [0.717, 1.165) is 11.3 Å². The summed E-state index contributed by atoms with van der Waals surface area (Å²) in [4.78, 5) is 24.1. The van der Waals surface area contributed by atoms with Gasteiger partial charge in [0.05, 0.1) is 15.7 Å². The van der Waals surface area contributed by atoms with Crippen LogP contribution in [0.1, 0.15) is 10.4 Å². The minimum atomic E-state index is -0.729. The lowest BCUT2D eigenvalue weighted by Gasteiger charge is -2.10. The highest BCUT2D eigenvalue weighted by Gasteiger charge is 2.14. The molecule has 0 atom stereocenters. The number of aromatic nitrogens is 2. The fraction of sp³-hybridized carbons (Fsp3) is 0. The highest BCUT2D eigenvalue weighted by molar-refractivity contribution is 7.03. The van der Waals surface area contributed by atoms with E-state index >= 15 is 0 Å². The molecule has 2 aromatic carbocycles. The van der Waals surface area contributed by atoms with Crippen molar-refractivity contribution in [3.05, 3.63) is 63.5 Å². The van der Waals surface area contributed by atoms with Crippen molar-refractivity contribution in [3.63, 3.8) is 0 Å². The maximum absolute atomic E-state index is 12.1. The summed E-state index contributed by atoms with van der Waals surface area (Å²) in [6.07, 6.45) is 0. The van der Waals surface area contributed by atoms with Crippen LogP contribution >= 0.6 is 34.7 Å². The van der Waals surface area contributed by atoms with Crippen molar-refractivity contribution in [3.8, 4) is 11.3 Å². The van der Waals surface area contributed by atoms with E-state index in [1.165, 1.54) is 11.5 Å². The second-order valence-corrected chi connectivity index (χ2v) is 6.30. The Kier molecular flexibility index (Phi) is 5.28. The van der Waals surface area contributed by atoms with Gasteiger partial charge in [-0.2, -0.15) is 0 Å². The zero-order valence-corrected chi connectivity index (χ0v) is 14.8. The fourth-order valence-corrected chi connectivity index (χ4v) is 2.98. The predicted octanol–water partition coefficient (Wildman–Crippen LogP) is 4.47. The van der Waals surface area contributed by atoms with Crippen LogP contribution in [0.3, 0.4) is 0 Å². The lowest BCUT2D eigenvalue weighted by molar-refractivity contribution is 0.0967. The second-order valence-electron chi connectivity index (χ2n) is 4.87. The largest absolute Gasteiger partial charge is 0.326 e. The summed E-state index contributed by atoms with van der Waals surface area (Å²) in [6, 6.07) is 10.7. The normalized spacial score (nSPS) is 10.3. The standard InChI is InChI=1S/C16H10Cl2N4O2S/c17-11-2-1-3-12(18)14(11)19-16(24)20-15(23)10-6-4-9(5-7-10)13-8-25-22-21-13/h1-8H,(H2,19,20,23,24). The van der Waals surface area contributed by atoms with E-state index in [1.54, 1.807) is 47.8 Å². The summed E-state index contributed by atoms with van der Waals surface area (Å²) in [5.74, 6) is -0.552. The molecule has 1 aromatic heterocycles. The molecule has 3 aromatic rings. The molecule has 25 heavy (non-hydrogen) atoms. The van der Waals surface area contributed by atoms with Crippen LogP contribution in [0, 0.1) is 0 Å². The van der Waals surface area contributed by atoms with E-state index in [4.69, 9.17) is 23.2 Å². The van der Waals surface area contributed by atoms with Crippen molar-refractivity contribution in [1.82, 2.24) is 14.9 Å². The van der Waals surface area contributed by atoms with Gasteiger partial charge in [-0.05, 0) is 35.8 Å². The Bertz CT molecular complexity index is 894. The smallest absolute Gasteiger partial charge is 0.305 e. The molecule has 2 N–H and O–H groups in total. The van der Waals surface area contributed by atoms with Crippen molar-refractivity contribution in [2.75, 3.05) is 5.32 Å². The Balaban J connectivity index is 1.66. The molecule has 0 saturated carbocycles. The van der Waals surface area contributed by atoms with Crippen molar-refractivity contribution in [1.29, 1.82) is 0 Å². The molecule has 0 fully saturated rings. The van der Waals surface area contributed by atoms with Gasteiger partial charge < -0.3 is 5.32 Å². The minimum Gasteiger partial charge on any atom is -0.305 e. The van der Waals surface area contributed by atoms with E-state index in [-0.39, 0.29) is 15.7 Å². The maximum atomic E-state index is 12.1. The minimum absolute atomic E-state index is 0.238. The predicted molar refractivity (Wildman–Crippen MR) is 98.3 cm³/mol. The van der Waals surface area contributed by atoms with Gasteiger partial charge in [0.1, 0.15) is 5.69 Å². The summed E-state index contributed by atoms with van der Waals surface area (Å²) in [7, 11) is 0. The molecule has 3 amide bonds. The van der Waals surface area contributed by atoms with Gasteiger partial charge >= 0.3 is 6.03 Å². The molecule has 9 heteroatoms. The number of nitrogens with zero attached hydrogens (tertiary/aromatic N) is 2. The van der Waals surface area contributed by atoms with Gasteiger partial charge in [-0.25, -0.2) is 4.79 Å². The quantitative estimate of drug-likeness (QED) is 0.688. The summed E-state index contributed by atoms with van der Waals surface area (Å²) in [5, 5.41) is 11.0. The molecule has 0 unspecified atom stereocenters. The van der Waals surface area contributed by atoms with Crippen molar-refractivity contribution in [2.45, 2.75) is 0 Å². The molecule has 0 spiro atoms. The summed E-state index contributed by atoms with van der Waals surface area (Å²) < 4.78 is 3.79. The van der Waals surface area contributed by atoms with Crippen molar-refractivity contribution >= 4 is 52.4 Å². The molecule has 0 saturated heterocycles. The van der Waals surface area contributed by atoms with Gasteiger partial charge in [0.2, 0.25) is 0 Å². The third kappa shape index (κ3) is 4.14. The number of carbonyl (C=O) groups is 2. The number of hydrogen-bond acceptors (Lipinski definition) is 5. The Hall–Kier alpha value is -2.48. The van der Waals surface area contributed by atoms with E-state index < -0.39 is 11.9 Å². The molecule has 0 aliphatic heterocycles. The van der Waals surface area contributed by atoms with Crippen LogP contribution < -0.4 is 10.6 Å². The van der Waals surface area contributed by atoms with Gasteiger partial charge in [0, 0.05) is 16.5 Å². The van der Waals surface area contributed by atoms with Crippen LogP contribution in [0.4, 0.5) is 10.5 Å². The number of nitrogens with one attached hydrogen (secondary N) is 2. The van der Waals surface area contributed by atoms with Gasteiger partial charge in [-0.15, -0.1) is 5.10 Å². The maximum Gasteiger partial charge on any atom is 0.326 e. The van der Waals surface area contributed by atoms with E-state index in [9.17, 15) is 9.59 Å². The van der Waals surface area contributed by atoms with E-state index in [2.05, 4.69) is 20.2 Å². The fourth-order valence-electron chi connectivity index (χ4n) is 2.02. The van der Waals surface area contributed by atoms with Gasteiger partial charge in [-0.1, -0.05) is 45.9 Å². The van der Waals surface area contributed by atoms with Crippen LogP contribution in [0.5, 0.6) is 0 Å². The highest BCUT2D eigenvalue weighted by atomic mass is 35.5. The summed E-state index contributed by atoms with van der Waals surface area (Å²) >= 11 is 13.2. The third-order valence-corrected chi connectivity index (χ3v) is 4.37. The van der Waals surface area contributed by atoms with Gasteiger partial charge in [-0.3, -0.25) is 10.1 Å². The lowest BCUT2D eigenvalue weighted by Crippen LogP contribution is -2.34. The molecule has 0 radical (unpaired) electrons. The Labute approximate surface area is 156 Å². The number of imide groups is 1. The first-order valence-corrected chi connectivity index (χ1v) is 8.57. The Morgan fingerprint density at radius 3 is 2.28 bits per heavy atom. The monoisotopic (exact) mass is 392 g/mol. The highest BCUT2D eigenvalue weighted by Crippen LogP contribution is 2.29. The molecule has 0 aliphatic carbocycles. The van der Waals surface area contributed by atoms with Crippen molar-refractivity contribution < 1.29 is 9.59 Å². The molecule has 3 rings (SSSR count). The van der Waals surface area contributed by atoms with Crippen LogP contribution in [-0.2, 0) is 0 Å². The summed E-state index contributed by atoms with van der Waals surface area (Å²) in [5.41, 5.74) is 2.12. The number of urea groups is 1. The number of benzene rings is 2. The average molecular weight is 393 g/mol. The molecular formula is C16H10Cl2N4O2S. The van der Waals surface area contributed by atoms with Crippen molar-refractivity contribution in [2.24, 2.45) is 0 Å². The zero-order valence-electron chi connectivity index (χ0n) is 12.5. The first kappa shape index (κ1) is 17.3. The SMILES string of the molecule is O=C(NC(=O)c1ccc(-c2csnn2)cc1)Nc1c(Cl)cccc1Cl. The number of halogens is 2. The second kappa shape index (κ2) is 7.60. The number of hydrogen-bond donors (Lipinski definition) is 2. The summed E-state index contributed by atoms with van der Waals surface area (Å²) in [6.45, 7) is 0. The number of amides is 3. The van der Waals surface area contributed by atoms with Crippen LogP contribution in [0.25, 0.3) is 11.3 Å². The Morgan fingerprint density at radius 2 is 1.68 bits per heavy atom. The zero-order chi connectivity index (χ0) is 17.8. The number of para-hydroxylation sites is 1. The lowest BCUT2D eigenvalue weighted by atomic mass is 10.1. The molecule has 0 aliphatic rings. The first-order valence-electron chi connectivity index (χ1n) is 6.98. The number of anilines is 1. The van der Waals surface area contributed by atoms with E-state index in [0.29, 0.717) is 5.56 Å². The van der Waals surface area contributed by atoms with Crippen LogP contribution in [0.15, 0.2) is 47.8 Å². The Morgan fingerprint density at radius 1 is 1.00 bits per heavy atom. The first-order chi connectivity index (χ1) is 12.0. The number of carbonyl (C=O) groups excluding carboxylic acids is 2. The molecule has 6 nitrogen and oxygen atoms in total. The molecule has 0 bridgehead atoms.